The summed E-state index contributed by atoms with van der Waals surface area (Å²) in [6.07, 6.45) is -1.29. The highest BCUT2D eigenvalue weighted by atomic mass is 16.5. The number of aliphatic hydroxyl groups is 3. The Kier molecular flexibility index (Phi) is 7.55. The van der Waals surface area contributed by atoms with Gasteiger partial charge in [0.25, 0.3) is 0 Å². The van der Waals surface area contributed by atoms with Crippen molar-refractivity contribution in [1.29, 1.82) is 0 Å². The lowest BCUT2D eigenvalue weighted by Crippen LogP contribution is -2.39. The Bertz CT molecular complexity index is 731. The van der Waals surface area contributed by atoms with Crippen molar-refractivity contribution in [3.05, 3.63) is 52.8 Å². The van der Waals surface area contributed by atoms with Crippen molar-refractivity contribution in [2.75, 3.05) is 13.2 Å². The second kappa shape index (κ2) is 9.66. The van der Waals surface area contributed by atoms with Gasteiger partial charge < -0.3 is 24.8 Å². The monoisotopic (exact) mass is 376 g/mol. The first-order chi connectivity index (χ1) is 12.7. The van der Waals surface area contributed by atoms with E-state index in [1.807, 2.05) is 32.9 Å². The average molecular weight is 376 g/mol. The van der Waals surface area contributed by atoms with Crippen molar-refractivity contribution in [3.63, 3.8) is 0 Å². The van der Waals surface area contributed by atoms with Crippen molar-refractivity contribution < 1.29 is 24.8 Å². The van der Waals surface area contributed by atoms with E-state index in [9.17, 15) is 15.3 Å². The van der Waals surface area contributed by atoms with Crippen LogP contribution in [0.1, 0.15) is 35.6 Å². The third kappa shape index (κ3) is 6.80. The van der Waals surface area contributed by atoms with E-state index in [0.717, 1.165) is 16.9 Å². The summed E-state index contributed by atoms with van der Waals surface area (Å²) in [6.45, 7) is 7.96. The Labute approximate surface area is 159 Å². The van der Waals surface area contributed by atoms with Gasteiger partial charge in [-0.2, -0.15) is 0 Å². The fourth-order valence-electron chi connectivity index (χ4n) is 2.61. The summed E-state index contributed by atoms with van der Waals surface area (Å²) in [7, 11) is 0. The second-order valence-electron chi connectivity index (χ2n) is 6.68. The highest BCUT2D eigenvalue weighted by molar-refractivity contribution is 5.33. The van der Waals surface area contributed by atoms with E-state index in [-0.39, 0.29) is 24.9 Å². The molecule has 0 aliphatic heterocycles. The van der Waals surface area contributed by atoms with Crippen LogP contribution in [0.3, 0.4) is 0 Å². The largest absolute Gasteiger partial charge is 0.489 e. The molecule has 2 aromatic rings. The molecule has 0 radical (unpaired) electrons. The summed E-state index contributed by atoms with van der Waals surface area (Å²) in [4.78, 5) is 4.05. The molecule has 0 fully saturated rings. The summed E-state index contributed by atoms with van der Waals surface area (Å²) in [6, 6.07) is 7.50. The van der Waals surface area contributed by atoms with Crippen LogP contribution < -0.4 is 14.8 Å². The molecule has 0 amide bonds. The third-order valence-corrected chi connectivity index (χ3v) is 3.94. The number of aromatic nitrogens is 1. The second-order valence-corrected chi connectivity index (χ2v) is 6.68. The number of aliphatic hydroxyl groups excluding tert-OH is 2. The van der Waals surface area contributed by atoms with Crippen LogP contribution in [0.4, 0.5) is 0 Å². The lowest BCUT2D eigenvalue weighted by Gasteiger charge is -2.20. The molecule has 0 aliphatic rings. The zero-order valence-corrected chi connectivity index (χ0v) is 16.1. The Hall–Kier alpha value is -2.19. The quantitative estimate of drug-likeness (QED) is 0.494. The van der Waals surface area contributed by atoms with Crippen LogP contribution in [0.15, 0.2) is 30.5 Å². The van der Waals surface area contributed by atoms with E-state index in [2.05, 4.69) is 16.4 Å². The molecule has 27 heavy (non-hydrogen) atoms. The molecule has 0 saturated heterocycles. The number of nitrogens with one attached hydrogen (secondary N) is 1. The molecular weight excluding hydrogens is 348 g/mol. The highest BCUT2D eigenvalue weighted by Gasteiger charge is 2.12. The summed E-state index contributed by atoms with van der Waals surface area (Å²) < 4.78 is 11.4. The Morgan fingerprint density at radius 1 is 1.04 bits per heavy atom. The van der Waals surface area contributed by atoms with Gasteiger partial charge in [0.15, 0.2) is 6.29 Å². The van der Waals surface area contributed by atoms with Gasteiger partial charge in [-0.3, -0.25) is 10.3 Å². The maximum atomic E-state index is 10.1. The van der Waals surface area contributed by atoms with Gasteiger partial charge in [-0.05, 0) is 57.0 Å². The van der Waals surface area contributed by atoms with Gasteiger partial charge in [0.1, 0.15) is 30.4 Å². The first kappa shape index (κ1) is 21.1. The maximum Gasteiger partial charge on any atom is 0.180 e. The Balaban J connectivity index is 1.80. The van der Waals surface area contributed by atoms with Gasteiger partial charge in [0.05, 0.1) is 5.69 Å². The minimum atomic E-state index is -1.62. The molecule has 0 saturated carbocycles. The molecule has 1 aromatic heterocycles. The van der Waals surface area contributed by atoms with Crippen molar-refractivity contribution in [3.8, 4) is 11.5 Å². The van der Waals surface area contributed by atoms with Gasteiger partial charge >= 0.3 is 0 Å². The molecule has 1 aromatic carbocycles. The topological polar surface area (TPSA) is 104 Å². The van der Waals surface area contributed by atoms with Crippen LogP contribution in [0.5, 0.6) is 11.5 Å². The molecule has 2 rings (SSSR count). The summed E-state index contributed by atoms with van der Waals surface area (Å²) >= 11 is 0. The number of hydrogen-bond acceptors (Lipinski definition) is 7. The van der Waals surface area contributed by atoms with Crippen LogP contribution in [0.25, 0.3) is 0 Å². The van der Waals surface area contributed by atoms with E-state index in [0.29, 0.717) is 11.4 Å². The predicted octanol–water partition coefficient (Wildman–Crippen LogP) is 1.74. The molecular formula is C20H28N2O5. The van der Waals surface area contributed by atoms with Crippen molar-refractivity contribution in [2.45, 2.75) is 46.3 Å². The predicted molar refractivity (Wildman–Crippen MR) is 102 cm³/mol. The summed E-state index contributed by atoms with van der Waals surface area (Å²) in [5.74, 6) is 1.18. The Morgan fingerprint density at radius 2 is 1.70 bits per heavy atom. The van der Waals surface area contributed by atoms with Gasteiger partial charge in [-0.1, -0.05) is 6.07 Å². The van der Waals surface area contributed by atoms with Crippen LogP contribution in [0, 0.1) is 20.8 Å². The number of hydrogen-bond donors (Lipinski definition) is 4. The average Bonchev–Trinajstić information content (AvgIpc) is 2.58. The number of pyridine rings is 1. The zero-order valence-electron chi connectivity index (χ0n) is 16.1. The zero-order chi connectivity index (χ0) is 20.0. The van der Waals surface area contributed by atoms with E-state index in [1.54, 1.807) is 6.92 Å². The van der Waals surface area contributed by atoms with Crippen LogP contribution in [0.2, 0.25) is 0 Å². The molecule has 0 aliphatic carbocycles. The van der Waals surface area contributed by atoms with Crippen LogP contribution in [-0.2, 0) is 0 Å². The molecule has 7 heteroatoms. The minimum absolute atomic E-state index is 0.0385. The number of rotatable bonds is 9. The van der Waals surface area contributed by atoms with Gasteiger partial charge in [-0.25, -0.2) is 0 Å². The Morgan fingerprint density at radius 3 is 2.33 bits per heavy atom. The number of aryl methyl sites for hydroxylation is 3. The summed E-state index contributed by atoms with van der Waals surface area (Å²) in [5.41, 5.74) is 3.10. The maximum absolute atomic E-state index is 10.1. The molecule has 0 spiro atoms. The fraction of sp³-hybridized carbons (Fsp3) is 0.450. The third-order valence-electron chi connectivity index (χ3n) is 3.94. The number of benzene rings is 1. The lowest BCUT2D eigenvalue weighted by atomic mass is 10.1. The molecule has 148 valence electrons. The molecule has 1 heterocycles. The molecule has 0 bridgehead atoms. The molecule has 7 nitrogen and oxygen atoms in total. The fourth-order valence-corrected chi connectivity index (χ4v) is 2.61. The van der Waals surface area contributed by atoms with Crippen molar-refractivity contribution >= 4 is 0 Å². The van der Waals surface area contributed by atoms with Crippen molar-refractivity contribution in [2.24, 2.45) is 0 Å². The highest BCUT2D eigenvalue weighted by Crippen LogP contribution is 2.20. The van der Waals surface area contributed by atoms with Gasteiger partial charge in [0, 0.05) is 18.3 Å². The summed E-state index contributed by atoms with van der Waals surface area (Å²) in [5, 5.41) is 31.6. The van der Waals surface area contributed by atoms with E-state index in [4.69, 9.17) is 9.47 Å². The van der Waals surface area contributed by atoms with Crippen molar-refractivity contribution in [1.82, 2.24) is 10.3 Å². The van der Waals surface area contributed by atoms with Crippen LogP contribution >= 0.6 is 0 Å². The van der Waals surface area contributed by atoms with E-state index < -0.39 is 12.4 Å². The lowest BCUT2D eigenvalue weighted by molar-refractivity contribution is -0.0429. The van der Waals surface area contributed by atoms with E-state index in [1.165, 1.54) is 12.3 Å². The SMILES string of the molecule is Cc1cc(C)cc(OC(C)NCC(O)COc2cc(C(O)O)cnc2C)c1. The smallest absolute Gasteiger partial charge is 0.180 e. The van der Waals surface area contributed by atoms with E-state index >= 15 is 0 Å². The minimum Gasteiger partial charge on any atom is -0.489 e. The number of nitrogens with zero attached hydrogens (tertiary/aromatic N) is 1. The molecule has 2 unspecified atom stereocenters. The normalized spacial score (nSPS) is 13.5. The molecule has 4 N–H and O–H groups in total. The first-order valence-corrected chi connectivity index (χ1v) is 8.86. The standard InChI is InChI=1S/C20H28N2O5/c1-12-5-13(2)7-18(6-12)27-15(4)22-10-17(23)11-26-19-8-16(20(24)25)9-21-14(19)3/h5-9,15,17,20,22-25H,10-11H2,1-4H3. The van der Waals surface area contributed by atoms with Gasteiger partial charge in [0.2, 0.25) is 0 Å². The molecule has 2 atom stereocenters. The van der Waals surface area contributed by atoms with Crippen LogP contribution in [-0.4, -0.2) is 45.8 Å². The van der Waals surface area contributed by atoms with Gasteiger partial charge in [-0.15, -0.1) is 0 Å². The number of ether oxygens (including phenoxy) is 2. The first-order valence-electron chi connectivity index (χ1n) is 8.86.